The summed E-state index contributed by atoms with van der Waals surface area (Å²) < 4.78 is 22.6. The number of amidine groups is 1. The van der Waals surface area contributed by atoms with E-state index < -0.39 is 9.84 Å². The Bertz CT molecular complexity index is 378. The van der Waals surface area contributed by atoms with Gasteiger partial charge in [0.05, 0.1) is 17.5 Å². The van der Waals surface area contributed by atoms with Gasteiger partial charge in [-0.05, 0) is 25.7 Å². The Hall–Kier alpha value is -0.230. The molecule has 0 aromatic heterocycles. The van der Waals surface area contributed by atoms with E-state index in [0.717, 1.165) is 36.6 Å². The van der Waals surface area contributed by atoms with Gasteiger partial charge in [0.15, 0.2) is 5.17 Å². The fourth-order valence-electron chi connectivity index (χ4n) is 2.14. The van der Waals surface area contributed by atoms with Crippen molar-refractivity contribution in [3.05, 3.63) is 0 Å². The zero-order chi connectivity index (χ0) is 12.3. The second-order valence-electron chi connectivity index (χ2n) is 4.70. The van der Waals surface area contributed by atoms with Crippen molar-refractivity contribution in [1.82, 2.24) is 5.32 Å². The number of nitrogens with zero attached hydrogens (tertiary/aromatic N) is 1. The van der Waals surface area contributed by atoms with Gasteiger partial charge in [-0.25, -0.2) is 8.42 Å². The van der Waals surface area contributed by atoms with Crippen LogP contribution in [0.2, 0.25) is 0 Å². The number of thioether (sulfide) groups is 1. The van der Waals surface area contributed by atoms with E-state index in [1.54, 1.807) is 11.8 Å². The molecule has 1 unspecified atom stereocenters. The molecule has 1 atom stereocenters. The van der Waals surface area contributed by atoms with Gasteiger partial charge in [0.1, 0.15) is 9.84 Å². The van der Waals surface area contributed by atoms with Crippen LogP contribution in [0.5, 0.6) is 0 Å². The number of hydrogen-bond donors (Lipinski definition) is 1. The van der Waals surface area contributed by atoms with Gasteiger partial charge < -0.3 is 5.32 Å². The third kappa shape index (κ3) is 3.88. The average molecular weight is 276 g/mol. The summed E-state index contributed by atoms with van der Waals surface area (Å²) in [7, 11) is -2.76. The van der Waals surface area contributed by atoms with Crippen LogP contribution < -0.4 is 5.32 Å². The summed E-state index contributed by atoms with van der Waals surface area (Å²) in [5.74, 6) is 1.76. The highest BCUT2D eigenvalue weighted by Gasteiger charge is 2.25. The number of rotatable bonds is 2. The Labute approximate surface area is 108 Å². The lowest BCUT2D eigenvalue weighted by atomic mass is 10.1. The fourth-order valence-corrected chi connectivity index (χ4v) is 4.69. The normalized spacial score (nSPS) is 29.7. The molecule has 2 rings (SSSR count). The molecule has 6 heteroatoms. The third-order valence-electron chi connectivity index (χ3n) is 3.34. The van der Waals surface area contributed by atoms with Crippen LogP contribution in [0, 0.1) is 0 Å². The predicted molar refractivity (Wildman–Crippen MR) is 73.4 cm³/mol. The van der Waals surface area contributed by atoms with Gasteiger partial charge in [-0.2, -0.15) is 0 Å². The molecule has 4 nitrogen and oxygen atoms in total. The van der Waals surface area contributed by atoms with Crippen molar-refractivity contribution < 1.29 is 8.42 Å². The maximum absolute atomic E-state index is 11.3. The number of nitrogens with one attached hydrogen (secondary N) is 1. The van der Waals surface area contributed by atoms with Gasteiger partial charge in [-0.1, -0.05) is 18.7 Å². The van der Waals surface area contributed by atoms with Gasteiger partial charge in [-0.15, -0.1) is 0 Å². The summed E-state index contributed by atoms with van der Waals surface area (Å²) in [6.07, 6.45) is 3.69. The minimum absolute atomic E-state index is 0.292. The number of hydrogen-bond acceptors (Lipinski definition) is 5. The average Bonchev–Trinajstić information content (AvgIpc) is 2.32. The lowest BCUT2D eigenvalue weighted by molar-refractivity contribution is 0.519. The summed E-state index contributed by atoms with van der Waals surface area (Å²) in [6, 6.07) is 0.742. The van der Waals surface area contributed by atoms with E-state index in [1.807, 2.05) is 0 Å². The second kappa shape index (κ2) is 5.61. The van der Waals surface area contributed by atoms with Crippen molar-refractivity contribution in [1.29, 1.82) is 0 Å². The highest BCUT2D eigenvalue weighted by molar-refractivity contribution is 8.13. The molecule has 0 aromatic carbocycles. The van der Waals surface area contributed by atoms with E-state index in [1.165, 1.54) is 0 Å². The van der Waals surface area contributed by atoms with Crippen LogP contribution in [-0.2, 0) is 9.84 Å². The molecule has 1 N–H and O–H groups in total. The fraction of sp³-hybridized carbons (Fsp3) is 0.909. The summed E-state index contributed by atoms with van der Waals surface area (Å²) in [6.45, 7) is 2.16. The van der Waals surface area contributed by atoms with Crippen molar-refractivity contribution in [3.8, 4) is 0 Å². The van der Waals surface area contributed by atoms with Crippen molar-refractivity contribution in [2.45, 2.75) is 44.7 Å². The molecule has 0 aliphatic carbocycles. The summed E-state index contributed by atoms with van der Waals surface area (Å²) in [5.41, 5.74) is 0. The zero-order valence-electron chi connectivity index (χ0n) is 10.2. The highest BCUT2D eigenvalue weighted by Crippen LogP contribution is 2.20. The van der Waals surface area contributed by atoms with Gasteiger partial charge in [0.2, 0.25) is 0 Å². The van der Waals surface area contributed by atoms with Crippen molar-refractivity contribution >= 4 is 26.8 Å². The molecule has 2 aliphatic heterocycles. The first-order chi connectivity index (χ1) is 8.09. The molecule has 0 saturated carbocycles. The van der Waals surface area contributed by atoms with Crippen LogP contribution in [0.3, 0.4) is 0 Å². The summed E-state index contributed by atoms with van der Waals surface area (Å²) in [4.78, 5) is 4.65. The van der Waals surface area contributed by atoms with Crippen molar-refractivity contribution in [2.24, 2.45) is 4.99 Å². The molecular weight excluding hydrogens is 256 g/mol. The Kier molecular flexibility index (Phi) is 4.36. The molecule has 0 radical (unpaired) electrons. The SMILES string of the molecule is CCC1CCSC(NC2CCS(=O)(=O)CC2)=N1. The lowest BCUT2D eigenvalue weighted by Crippen LogP contribution is -2.41. The first kappa shape index (κ1) is 13.2. The Balaban J connectivity index is 1.87. The monoisotopic (exact) mass is 276 g/mol. The van der Waals surface area contributed by atoms with E-state index in [4.69, 9.17) is 0 Å². The third-order valence-corrected chi connectivity index (χ3v) is 6.00. The lowest BCUT2D eigenvalue weighted by Gasteiger charge is -2.27. The minimum atomic E-state index is -2.76. The van der Waals surface area contributed by atoms with E-state index >= 15 is 0 Å². The highest BCUT2D eigenvalue weighted by atomic mass is 32.2. The molecule has 0 amide bonds. The van der Waals surface area contributed by atoms with E-state index in [2.05, 4.69) is 17.2 Å². The Morgan fingerprint density at radius 1 is 1.35 bits per heavy atom. The van der Waals surface area contributed by atoms with Crippen LogP contribution in [0.25, 0.3) is 0 Å². The van der Waals surface area contributed by atoms with Crippen LogP contribution >= 0.6 is 11.8 Å². The van der Waals surface area contributed by atoms with Gasteiger partial charge in [-0.3, -0.25) is 4.99 Å². The zero-order valence-corrected chi connectivity index (χ0v) is 11.8. The largest absolute Gasteiger partial charge is 0.362 e. The van der Waals surface area contributed by atoms with Crippen LogP contribution in [-0.4, -0.2) is 42.9 Å². The Morgan fingerprint density at radius 3 is 2.71 bits per heavy atom. The van der Waals surface area contributed by atoms with Gasteiger partial charge in [0, 0.05) is 11.8 Å². The van der Waals surface area contributed by atoms with Crippen LogP contribution in [0.15, 0.2) is 4.99 Å². The van der Waals surface area contributed by atoms with Gasteiger partial charge in [0.25, 0.3) is 0 Å². The quantitative estimate of drug-likeness (QED) is 0.829. The summed E-state index contributed by atoms with van der Waals surface area (Å²) >= 11 is 1.77. The van der Waals surface area contributed by atoms with Crippen molar-refractivity contribution in [2.75, 3.05) is 17.3 Å². The molecule has 1 fully saturated rings. The molecule has 17 heavy (non-hydrogen) atoms. The molecule has 0 bridgehead atoms. The van der Waals surface area contributed by atoms with Gasteiger partial charge >= 0.3 is 0 Å². The van der Waals surface area contributed by atoms with Crippen LogP contribution in [0.4, 0.5) is 0 Å². The first-order valence-electron chi connectivity index (χ1n) is 6.26. The standard InChI is InChI=1S/C11H20N2O2S2/c1-2-9-3-6-16-11(12-9)13-10-4-7-17(14,15)8-5-10/h9-10H,2-8H2,1H3,(H,12,13). The topological polar surface area (TPSA) is 58.5 Å². The van der Waals surface area contributed by atoms with E-state index in [9.17, 15) is 8.42 Å². The van der Waals surface area contributed by atoms with E-state index in [-0.39, 0.29) is 0 Å². The Morgan fingerprint density at radius 2 is 2.06 bits per heavy atom. The molecule has 2 aliphatic rings. The van der Waals surface area contributed by atoms with E-state index in [0.29, 0.717) is 23.6 Å². The van der Waals surface area contributed by atoms with Crippen molar-refractivity contribution in [3.63, 3.8) is 0 Å². The predicted octanol–water partition coefficient (Wildman–Crippen LogP) is 1.42. The molecule has 2 heterocycles. The molecular formula is C11H20N2O2S2. The summed E-state index contributed by atoms with van der Waals surface area (Å²) in [5, 5.41) is 4.43. The molecule has 98 valence electrons. The molecule has 1 saturated heterocycles. The number of aliphatic imine (C=N–C) groups is 1. The second-order valence-corrected chi connectivity index (χ2v) is 8.09. The van der Waals surface area contributed by atoms with Crippen LogP contribution in [0.1, 0.15) is 32.6 Å². The first-order valence-corrected chi connectivity index (χ1v) is 9.07. The molecule has 0 aromatic rings. The maximum atomic E-state index is 11.3. The maximum Gasteiger partial charge on any atom is 0.157 e. The smallest absolute Gasteiger partial charge is 0.157 e. The molecule has 0 spiro atoms. The number of sulfone groups is 1. The minimum Gasteiger partial charge on any atom is -0.362 e.